The maximum Gasteiger partial charge on any atom is 0.187 e. The van der Waals surface area contributed by atoms with E-state index in [4.69, 9.17) is 12.2 Å². The zero-order valence-corrected chi connectivity index (χ0v) is 13.9. The minimum absolute atomic E-state index is 0.0832. The first-order valence-electron chi connectivity index (χ1n) is 7.10. The molecule has 0 saturated heterocycles. The van der Waals surface area contributed by atoms with Crippen LogP contribution in [0.4, 0.5) is 0 Å². The summed E-state index contributed by atoms with van der Waals surface area (Å²) in [5.74, 6) is 0. The Morgan fingerprint density at radius 1 is 1.32 bits per heavy atom. The number of hydrogen-bond donors (Lipinski definition) is 2. The van der Waals surface area contributed by atoms with Gasteiger partial charge < -0.3 is 5.32 Å². The molecule has 0 unspecified atom stereocenters. The summed E-state index contributed by atoms with van der Waals surface area (Å²) in [6, 6.07) is 10.2. The summed E-state index contributed by atoms with van der Waals surface area (Å²) in [6.45, 7) is 6.86. The standard InChI is InChI=1S/C16H21N5S/c1-16(2,3)19-15(22)20-17-9-14-10-18-21(12-14)11-13-7-5-4-6-8-13/h4-10,12H,11H2,1-3H3,(H2,19,20,22)/b17-9-. The van der Waals surface area contributed by atoms with Crippen LogP contribution in [-0.2, 0) is 6.54 Å². The van der Waals surface area contributed by atoms with Crippen LogP contribution in [0.25, 0.3) is 0 Å². The second kappa shape index (κ2) is 7.17. The molecule has 2 aromatic rings. The van der Waals surface area contributed by atoms with Crippen molar-refractivity contribution in [3.05, 3.63) is 53.9 Å². The van der Waals surface area contributed by atoms with Gasteiger partial charge in [0.05, 0.1) is 19.0 Å². The monoisotopic (exact) mass is 315 g/mol. The van der Waals surface area contributed by atoms with Crippen LogP contribution < -0.4 is 10.7 Å². The molecule has 2 rings (SSSR count). The number of nitrogens with zero attached hydrogens (tertiary/aromatic N) is 3. The van der Waals surface area contributed by atoms with E-state index in [1.165, 1.54) is 5.56 Å². The van der Waals surface area contributed by atoms with E-state index >= 15 is 0 Å². The lowest BCUT2D eigenvalue weighted by atomic mass is 10.1. The Labute approximate surface area is 136 Å². The molecule has 1 aromatic heterocycles. The number of nitrogens with one attached hydrogen (secondary N) is 2. The Balaban J connectivity index is 1.87. The highest BCUT2D eigenvalue weighted by Gasteiger charge is 2.09. The minimum Gasteiger partial charge on any atom is -0.357 e. The molecule has 1 aromatic carbocycles. The summed E-state index contributed by atoms with van der Waals surface area (Å²) < 4.78 is 1.88. The Morgan fingerprint density at radius 3 is 2.73 bits per heavy atom. The first kappa shape index (κ1) is 16.2. The average Bonchev–Trinajstić information content (AvgIpc) is 2.85. The molecule has 0 bridgehead atoms. The molecule has 0 saturated carbocycles. The van der Waals surface area contributed by atoms with Gasteiger partial charge in [0, 0.05) is 17.3 Å². The van der Waals surface area contributed by atoms with Gasteiger partial charge >= 0.3 is 0 Å². The first-order chi connectivity index (χ1) is 10.4. The summed E-state index contributed by atoms with van der Waals surface area (Å²) in [7, 11) is 0. The van der Waals surface area contributed by atoms with Gasteiger partial charge in [0.15, 0.2) is 5.11 Å². The summed E-state index contributed by atoms with van der Waals surface area (Å²) in [4.78, 5) is 0. The van der Waals surface area contributed by atoms with Crippen LogP contribution in [0.5, 0.6) is 0 Å². The zero-order valence-electron chi connectivity index (χ0n) is 13.1. The van der Waals surface area contributed by atoms with Crippen molar-refractivity contribution >= 4 is 23.5 Å². The topological polar surface area (TPSA) is 54.2 Å². The van der Waals surface area contributed by atoms with Gasteiger partial charge in [-0.1, -0.05) is 30.3 Å². The lowest BCUT2D eigenvalue weighted by Crippen LogP contribution is -2.44. The second-order valence-electron chi connectivity index (χ2n) is 6.03. The van der Waals surface area contributed by atoms with E-state index in [1.807, 2.05) is 49.8 Å². The van der Waals surface area contributed by atoms with E-state index in [0.29, 0.717) is 5.11 Å². The third-order valence-corrected chi connectivity index (χ3v) is 2.90. The van der Waals surface area contributed by atoms with Gasteiger partial charge in [0.2, 0.25) is 0 Å². The van der Waals surface area contributed by atoms with E-state index in [-0.39, 0.29) is 5.54 Å². The van der Waals surface area contributed by atoms with E-state index in [9.17, 15) is 0 Å². The van der Waals surface area contributed by atoms with Crippen molar-refractivity contribution < 1.29 is 0 Å². The molecule has 0 atom stereocenters. The van der Waals surface area contributed by atoms with Crippen LogP contribution in [0.3, 0.4) is 0 Å². The summed E-state index contributed by atoms with van der Waals surface area (Å²) >= 11 is 5.15. The summed E-state index contributed by atoms with van der Waals surface area (Å²) in [6.07, 6.45) is 5.41. The predicted octanol–water partition coefficient (Wildman–Crippen LogP) is 2.53. The summed E-state index contributed by atoms with van der Waals surface area (Å²) in [5.41, 5.74) is 4.85. The molecule has 2 N–H and O–H groups in total. The second-order valence-corrected chi connectivity index (χ2v) is 6.44. The Morgan fingerprint density at radius 2 is 2.05 bits per heavy atom. The molecule has 0 fully saturated rings. The van der Waals surface area contributed by atoms with Gasteiger partial charge in [0.1, 0.15) is 0 Å². The van der Waals surface area contributed by atoms with Crippen molar-refractivity contribution in [1.82, 2.24) is 20.5 Å². The molecule has 0 amide bonds. The Bertz CT molecular complexity index is 640. The van der Waals surface area contributed by atoms with Gasteiger partial charge in [-0.2, -0.15) is 10.2 Å². The molecule has 22 heavy (non-hydrogen) atoms. The number of benzene rings is 1. The first-order valence-corrected chi connectivity index (χ1v) is 7.51. The van der Waals surface area contributed by atoms with Crippen molar-refractivity contribution in [2.45, 2.75) is 32.9 Å². The fourth-order valence-corrected chi connectivity index (χ4v) is 2.20. The highest BCUT2D eigenvalue weighted by atomic mass is 32.1. The van der Waals surface area contributed by atoms with Gasteiger partial charge in [0.25, 0.3) is 0 Å². The largest absolute Gasteiger partial charge is 0.357 e. The molecular formula is C16H21N5S. The van der Waals surface area contributed by atoms with E-state index in [2.05, 4.69) is 33.1 Å². The fourth-order valence-electron chi connectivity index (χ4n) is 1.84. The van der Waals surface area contributed by atoms with Crippen LogP contribution in [0.2, 0.25) is 0 Å². The van der Waals surface area contributed by atoms with Crippen LogP contribution in [0.15, 0.2) is 47.8 Å². The van der Waals surface area contributed by atoms with Crippen LogP contribution >= 0.6 is 12.2 Å². The minimum atomic E-state index is -0.0832. The normalized spacial score (nSPS) is 11.6. The Kier molecular flexibility index (Phi) is 5.27. The van der Waals surface area contributed by atoms with Crippen molar-refractivity contribution in [3.8, 4) is 0 Å². The maximum atomic E-state index is 5.15. The Hall–Kier alpha value is -2.21. The number of hydrazone groups is 1. The highest BCUT2D eigenvalue weighted by molar-refractivity contribution is 7.80. The quantitative estimate of drug-likeness (QED) is 0.517. The molecule has 0 spiro atoms. The molecule has 5 nitrogen and oxygen atoms in total. The third-order valence-electron chi connectivity index (χ3n) is 2.71. The lowest BCUT2D eigenvalue weighted by Gasteiger charge is -2.21. The average molecular weight is 315 g/mol. The van der Waals surface area contributed by atoms with E-state index in [1.54, 1.807) is 12.4 Å². The van der Waals surface area contributed by atoms with Gasteiger partial charge in [-0.25, -0.2) is 0 Å². The molecule has 6 heteroatoms. The zero-order chi connectivity index (χ0) is 16.0. The van der Waals surface area contributed by atoms with Gasteiger partial charge in [-0.15, -0.1) is 0 Å². The molecule has 0 aliphatic carbocycles. The molecule has 0 radical (unpaired) electrons. The van der Waals surface area contributed by atoms with Gasteiger partial charge in [-0.05, 0) is 38.6 Å². The predicted molar refractivity (Wildman–Crippen MR) is 94.0 cm³/mol. The number of hydrogen-bond acceptors (Lipinski definition) is 3. The fraction of sp³-hybridized carbons (Fsp3) is 0.312. The number of aromatic nitrogens is 2. The van der Waals surface area contributed by atoms with E-state index in [0.717, 1.165) is 12.1 Å². The third kappa shape index (κ3) is 5.65. The number of thiocarbonyl (C=S) groups is 1. The van der Waals surface area contributed by atoms with E-state index < -0.39 is 0 Å². The van der Waals surface area contributed by atoms with Gasteiger partial charge in [-0.3, -0.25) is 10.1 Å². The van der Waals surface area contributed by atoms with Crippen LogP contribution in [0, 0.1) is 0 Å². The van der Waals surface area contributed by atoms with Crippen molar-refractivity contribution in [2.24, 2.45) is 5.10 Å². The maximum absolute atomic E-state index is 5.15. The highest BCUT2D eigenvalue weighted by Crippen LogP contribution is 2.02. The van der Waals surface area contributed by atoms with Crippen LogP contribution in [-0.4, -0.2) is 26.6 Å². The molecule has 0 aliphatic rings. The molecular weight excluding hydrogens is 294 g/mol. The number of rotatable bonds is 4. The molecule has 1 heterocycles. The lowest BCUT2D eigenvalue weighted by molar-refractivity contribution is 0.508. The smallest absolute Gasteiger partial charge is 0.187 e. The SMILES string of the molecule is CC(C)(C)NC(=S)N/N=C\c1cnn(Cc2ccccc2)c1. The van der Waals surface area contributed by atoms with Crippen LogP contribution in [0.1, 0.15) is 31.9 Å². The van der Waals surface area contributed by atoms with Crippen molar-refractivity contribution in [2.75, 3.05) is 0 Å². The van der Waals surface area contributed by atoms with Crippen molar-refractivity contribution in [3.63, 3.8) is 0 Å². The van der Waals surface area contributed by atoms with Crippen molar-refractivity contribution in [1.29, 1.82) is 0 Å². The molecule has 116 valence electrons. The summed E-state index contributed by atoms with van der Waals surface area (Å²) in [5, 5.41) is 12.1. The molecule has 0 aliphatic heterocycles.